The summed E-state index contributed by atoms with van der Waals surface area (Å²) < 4.78 is 52.4. The zero-order valence-corrected chi connectivity index (χ0v) is 25.2. The van der Waals surface area contributed by atoms with Crippen LogP contribution in [-0.2, 0) is 35.2 Å². The largest absolute Gasteiger partial charge is 0.494 e. The van der Waals surface area contributed by atoms with E-state index in [4.69, 9.17) is 25.1 Å². The van der Waals surface area contributed by atoms with Crippen LogP contribution in [-0.4, -0.2) is 35.7 Å². The number of amides is 1. The topological polar surface area (TPSA) is 129 Å². The summed E-state index contributed by atoms with van der Waals surface area (Å²) >= 11 is 0. The zero-order chi connectivity index (χ0) is 33.3. The number of nitrogens with zero attached hydrogens (tertiary/aromatic N) is 4. The molecule has 12 heteroatoms. The number of carbonyl (C=O) groups excluding carboxylic acids is 1. The maximum atomic E-state index is 14.5. The molecular weight excluding hydrogens is 611 g/mol. The summed E-state index contributed by atoms with van der Waals surface area (Å²) in [5.74, 6) is 0.223. The van der Waals surface area contributed by atoms with Gasteiger partial charge >= 0.3 is 6.18 Å². The summed E-state index contributed by atoms with van der Waals surface area (Å²) in [6.07, 6.45) is -4.94. The molecule has 0 saturated carbocycles. The highest BCUT2D eigenvalue weighted by Crippen LogP contribution is 2.43. The third kappa shape index (κ3) is 7.92. The standard InChI is InChI=1S/C35H32F3N5O4/c36-35(37,38)29-13-6-8-24(20-29)22-40-33(45)34(21-27-11-4-5-12-28(27)23-41-43-39)31(25-9-2-1-3-10-25)47-32(42-34)26-14-16-30(17-15-26)46-19-7-18-44/h1-6,8-17,20,31,44H,7,18-19,21-23H2,(H,40,45)/t31-,34-/m1/s1. The van der Waals surface area contributed by atoms with Crippen LogP contribution in [0.4, 0.5) is 13.2 Å². The molecule has 242 valence electrons. The number of alkyl halides is 3. The van der Waals surface area contributed by atoms with Gasteiger partial charge in [0.1, 0.15) is 5.75 Å². The van der Waals surface area contributed by atoms with Crippen molar-refractivity contribution in [1.29, 1.82) is 0 Å². The van der Waals surface area contributed by atoms with E-state index in [9.17, 15) is 18.0 Å². The van der Waals surface area contributed by atoms with Crippen LogP contribution in [0.25, 0.3) is 10.4 Å². The molecule has 0 aliphatic carbocycles. The second-order valence-corrected chi connectivity index (χ2v) is 10.9. The van der Waals surface area contributed by atoms with Crippen LogP contribution in [0.1, 0.15) is 45.9 Å². The maximum Gasteiger partial charge on any atom is 0.416 e. The van der Waals surface area contributed by atoms with Crippen molar-refractivity contribution in [2.24, 2.45) is 10.1 Å². The molecule has 1 amide bonds. The van der Waals surface area contributed by atoms with Crippen LogP contribution in [0.3, 0.4) is 0 Å². The van der Waals surface area contributed by atoms with Crippen LogP contribution in [0, 0.1) is 0 Å². The number of ether oxygens (including phenoxy) is 2. The van der Waals surface area contributed by atoms with Crippen molar-refractivity contribution >= 4 is 11.8 Å². The number of hydrogen-bond donors (Lipinski definition) is 2. The molecule has 47 heavy (non-hydrogen) atoms. The second kappa shape index (κ2) is 14.8. The number of aliphatic hydroxyl groups excluding tert-OH is 1. The van der Waals surface area contributed by atoms with Gasteiger partial charge in [0.05, 0.1) is 18.7 Å². The number of aliphatic hydroxyl groups is 1. The van der Waals surface area contributed by atoms with Gasteiger partial charge in [-0.3, -0.25) is 4.79 Å². The lowest BCUT2D eigenvalue weighted by Crippen LogP contribution is -2.49. The third-order valence-corrected chi connectivity index (χ3v) is 7.72. The number of hydrogen-bond acceptors (Lipinski definition) is 6. The van der Waals surface area contributed by atoms with Gasteiger partial charge in [0, 0.05) is 36.5 Å². The van der Waals surface area contributed by atoms with Crippen molar-refractivity contribution in [2.45, 2.75) is 43.8 Å². The zero-order valence-electron chi connectivity index (χ0n) is 25.2. The first-order chi connectivity index (χ1) is 22.7. The van der Waals surface area contributed by atoms with Crippen molar-refractivity contribution in [3.63, 3.8) is 0 Å². The highest BCUT2D eigenvalue weighted by molar-refractivity contribution is 6.01. The van der Waals surface area contributed by atoms with Gasteiger partial charge in [-0.1, -0.05) is 71.8 Å². The van der Waals surface area contributed by atoms with Gasteiger partial charge in [0.15, 0.2) is 11.6 Å². The van der Waals surface area contributed by atoms with Crippen LogP contribution < -0.4 is 10.1 Å². The van der Waals surface area contributed by atoms with E-state index in [1.54, 1.807) is 42.5 Å². The summed E-state index contributed by atoms with van der Waals surface area (Å²) in [5.41, 5.74) is 9.45. The minimum Gasteiger partial charge on any atom is -0.494 e. The molecular formula is C35H32F3N5O4. The smallest absolute Gasteiger partial charge is 0.416 e. The Morgan fingerprint density at radius 1 is 1.00 bits per heavy atom. The Morgan fingerprint density at radius 3 is 2.43 bits per heavy atom. The summed E-state index contributed by atoms with van der Waals surface area (Å²) in [6.45, 7) is 0.207. The minimum atomic E-state index is -4.53. The van der Waals surface area contributed by atoms with Gasteiger partial charge in [-0.2, -0.15) is 13.2 Å². The van der Waals surface area contributed by atoms with E-state index in [2.05, 4.69) is 15.3 Å². The van der Waals surface area contributed by atoms with Crippen molar-refractivity contribution < 1.29 is 32.5 Å². The van der Waals surface area contributed by atoms with Crippen molar-refractivity contribution in [3.8, 4) is 5.75 Å². The van der Waals surface area contributed by atoms with Crippen LogP contribution in [0.15, 0.2) is 113 Å². The number of rotatable bonds is 13. The Kier molecular flexibility index (Phi) is 10.4. The molecule has 4 aromatic carbocycles. The number of halogens is 3. The van der Waals surface area contributed by atoms with Gasteiger partial charge in [0.25, 0.3) is 5.91 Å². The molecule has 0 bridgehead atoms. The lowest BCUT2D eigenvalue weighted by molar-refractivity contribution is -0.137. The summed E-state index contributed by atoms with van der Waals surface area (Å²) in [7, 11) is 0. The lowest BCUT2D eigenvalue weighted by Gasteiger charge is -2.31. The van der Waals surface area contributed by atoms with Gasteiger partial charge in [-0.15, -0.1) is 0 Å². The molecule has 0 radical (unpaired) electrons. The monoisotopic (exact) mass is 643 g/mol. The van der Waals surface area contributed by atoms with E-state index < -0.39 is 29.3 Å². The predicted molar refractivity (Wildman–Crippen MR) is 169 cm³/mol. The van der Waals surface area contributed by atoms with Crippen LogP contribution in [0.5, 0.6) is 5.75 Å². The molecule has 9 nitrogen and oxygen atoms in total. The molecule has 0 spiro atoms. The highest BCUT2D eigenvalue weighted by atomic mass is 19.4. The molecule has 1 aliphatic rings. The average Bonchev–Trinajstić information content (AvgIpc) is 3.48. The minimum absolute atomic E-state index is 0.00745. The normalized spacial score (nSPS) is 17.3. The summed E-state index contributed by atoms with van der Waals surface area (Å²) in [6, 6.07) is 28.1. The number of benzene rings is 4. The highest BCUT2D eigenvalue weighted by Gasteiger charge is 2.53. The lowest BCUT2D eigenvalue weighted by atomic mass is 9.81. The second-order valence-electron chi connectivity index (χ2n) is 10.9. The first-order valence-electron chi connectivity index (χ1n) is 14.9. The van der Waals surface area contributed by atoms with Gasteiger partial charge in [-0.25, -0.2) is 4.99 Å². The SMILES string of the molecule is [N-]=[N+]=NCc1ccccc1C[C@@]1(C(=O)NCc2cccc(C(F)(F)F)c2)N=C(c2ccc(OCCCO)cc2)O[C@@H]1c1ccccc1. The first kappa shape index (κ1) is 33.1. The van der Waals surface area contributed by atoms with Crippen LogP contribution in [0.2, 0.25) is 0 Å². The fourth-order valence-corrected chi connectivity index (χ4v) is 5.39. The van der Waals surface area contributed by atoms with Crippen molar-refractivity contribution in [1.82, 2.24) is 5.32 Å². The van der Waals surface area contributed by atoms with Crippen molar-refractivity contribution in [2.75, 3.05) is 13.2 Å². The van der Waals surface area contributed by atoms with E-state index in [1.165, 1.54) is 12.1 Å². The van der Waals surface area contributed by atoms with Crippen molar-refractivity contribution in [3.05, 3.63) is 147 Å². The predicted octanol–water partition coefficient (Wildman–Crippen LogP) is 7.09. The number of azide groups is 1. The van der Waals surface area contributed by atoms with E-state index in [1.807, 2.05) is 36.4 Å². The molecule has 1 heterocycles. The Labute approximate surface area is 269 Å². The number of aliphatic imine (C=N–C) groups is 1. The van der Waals surface area contributed by atoms with E-state index in [-0.39, 0.29) is 37.6 Å². The Hall–Kier alpha value is -5.32. The first-order valence-corrected chi connectivity index (χ1v) is 14.9. The van der Waals surface area contributed by atoms with E-state index in [0.29, 0.717) is 41.0 Å². The van der Waals surface area contributed by atoms with Crippen LogP contribution >= 0.6 is 0 Å². The fourth-order valence-electron chi connectivity index (χ4n) is 5.39. The molecule has 5 rings (SSSR count). The molecule has 0 unspecified atom stereocenters. The maximum absolute atomic E-state index is 14.5. The average molecular weight is 644 g/mol. The molecule has 0 aromatic heterocycles. The molecule has 4 aromatic rings. The molecule has 1 aliphatic heterocycles. The van der Waals surface area contributed by atoms with E-state index in [0.717, 1.165) is 12.1 Å². The fraction of sp³-hybridized carbons (Fsp3) is 0.257. The number of carbonyl (C=O) groups is 1. The molecule has 2 N–H and O–H groups in total. The Morgan fingerprint density at radius 2 is 1.72 bits per heavy atom. The van der Waals surface area contributed by atoms with Gasteiger partial charge in [-0.05, 0) is 64.2 Å². The van der Waals surface area contributed by atoms with E-state index >= 15 is 0 Å². The van der Waals surface area contributed by atoms with Gasteiger partial charge < -0.3 is 19.9 Å². The Bertz CT molecular complexity index is 1760. The van der Waals surface area contributed by atoms with Gasteiger partial charge in [0.2, 0.25) is 5.90 Å². The Balaban J connectivity index is 1.57. The quantitative estimate of drug-likeness (QED) is 0.0697. The summed E-state index contributed by atoms with van der Waals surface area (Å²) in [5, 5.41) is 15.6. The molecule has 2 atom stereocenters. The number of nitrogens with one attached hydrogen (secondary N) is 1. The third-order valence-electron chi connectivity index (χ3n) is 7.72. The summed E-state index contributed by atoms with van der Waals surface area (Å²) in [4.78, 5) is 22.3. The molecule has 0 saturated heterocycles. The molecule has 0 fully saturated rings.